The highest BCUT2D eigenvalue weighted by molar-refractivity contribution is 5.98. The molecule has 1 rings (SSSR count). The van der Waals surface area contributed by atoms with Crippen molar-refractivity contribution in [2.75, 3.05) is 0 Å². The summed E-state index contributed by atoms with van der Waals surface area (Å²) in [5.74, 6) is -0.380. The highest BCUT2D eigenvalue weighted by Crippen LogP contribution is 2.02. The Bertz CT molecular complexity index is 151. The van der Waals surface area contributed by atoms with Gasteiger partial charge in [0.25, 0.3) is 5.91 Å². The van der Waals surface area contributed by atoms with Crippen LogP contribution in [0.25, 0.3) is 0 Å². The number of primary amides is 1. The first kappa shape index (κ1) is 3.19. The van der Waals surface area contributed by atoms with Gasteiger partial charge in [-0.05, 0) is 0 Å². The molecule has 30 valence electrons. The minimum absolute atomic E-state index is 0.380. The van der Waals surface area contributed by atoms with E-state index < -0.39 is 0 Å². The monoisotopic (exact) mass is 81.0 g/mol. The summed E-state index contributed by atoms with van der Waals surface area (Å²) in [5.41, 5.74) is 7.80. The zero-order valence-corrected chi connectivity index (χ0v) is 3.06. The zero-order chi connectivity index (χ0) is 4.57. The van der Waals surface area contributed by atoms with Crippen LogP contribution < -0.4 is 5.73 Å². The van der Waals surface area contributed by atoms with Crippen molar-refractivity contribution in [3.63, 3.8) is 0 Å². The van der Waals surface area contributed by atoms with E-state index in [4.69, 9.17) is 5.73 Å². The van der Waals surface area contributed by atoms with E-state index in [1.54, 1.807) is 6.08 Å². The fourth-order valence-corrected chi connectivity index (χ4v) is 0.178. The van der Waals surface area contributed by atoms with Crippen molar-refractivity contribution in [3.05, 3.63) is 17.4 Å². The van der Waals surface area contributed by atoms with Gasteiger partial charge in [0.1, 0.15) is 0 Å². The van der Waals surface area contributed by atoms with E-state index in [0.29, 0.717) is 5.57 Å². The van der Waals surface area contributed by atoms with E-state index in [1.165, 1.54) is 0 Å². The van der Waals surface area contributed by atoms with Crippen molar-refractivity contribution in [1.29, 1.82) is 0 Å². The average Bonchev–Trinajstić information content (AvgIpc) is 2.06. The Morgan fingerprint density at radius 3 is 2.50 bits per heavy atom. The third kappa shape index (κ3) is 0.330. The Hall–Kier alpha value is -1.01. The van der Waals surface area contributed by atoms with Crippen molar-refractivity contribution in [1.82, 2.24) is 0 Å². The van der Waals surface area contributed by atoms with Gasteiger partial charge < -0.3 is 5.73 Å². The van der Waals surface area contributed by atoms with E-state index in [2.05, 4.69) is 5.73 Å². The average molecular weight is 81.1 g/mol. The molecule has 0 aromatic rings. The number of hydrogen-bond acceptors (Lipinski definition) is 1. The van der Waals surface area contributed by atoms with Gasteiger partial charge in [-0.25, -0.2) is 0 Å². The molecular weight excluding hydrogens is 78.0 g/mol. The van der Waals surface area contributed by atoms with Gasteiger partial charge in [0.2, 0.25) is 0 Å². The Kier molecular flexibility index (Phi) is 0.388. The van der Waals surface area contributed by atoms with Crippen LogP contribution in [0.5, 0.6) is 0 Å². The molecular formula is C4H3NO. The van der Waals surface area contributed by atoms with Gasteiger partial charge in [-0.2, -0.15) is 0 Å². The Morgan fingerprint density at radius 2 is 2.50 bits per heavy atom. The molecule has 0 fully saturated rings. The molecule has 2 N–H and O–H groups in total. The Morgan fingerprint density at radius 1 is 2.00 bits per heavy atom. The summed E-state index contributed by atoms with van der Waals surface area (Å²) in [6.07, 6.45) is 1.56. The van der Waals surface area contributed by atoms with E-state index in [1.807, 2.05) is 0 Å². The number of hydrogen-bond donors (Lipinski definition) is 1. The number of carbonyl (C=O) groups excluding carboxylic acids is 1. The van der Waals surface area contributed by atoms with Gasteiger partial charge in [-0.3, -0.25) is 4.79 Å². The Balaban J connectivity index is 2.57. The lowest BCUT2D eigenvalue weighted by Crippen LogP contribution is -2.07. The molecule has 0 radical (unpaired) electrons. The molecule has 2 nitrogen and oxygen atoms in total. The second-order valence-electron chi connectivity index (χ2n) is 1.07. The summed E-state index contributed by atoms with van der Waals surface area (Å²) in [5, 5.41) is 0. The molecule has 6 heavy (non-hydrogen) atoms. The van der Waals surface area contributed by atoms with Crippen LogP contribution in [-0.2, 0) is 4.79 Å². The third-order valence-electron chi connectivity index (χ3n) is 0.554. The fourth-order valence-electron chi connectivity index (χ4n) is 0.178. The van der Waals surface area contributed by atoms with Gasteiger partial charge in [0.15, 0.2) is 0 Å². The van der Waals surface area contributed by atoms with Gasteiger partial charge in [0.05, 0.1) is 5.57 Å². The first-order chi connectivity index (χ1) is 2.80. The summed E-state index contributed by atoms with van der Waals surface area (Å²) in [6.45, 7) is 0. The van der Waals surface area contributed by atoms with Crippen LogP contribution in [0.3, 0.4) is 0 Å². The molecule has 0 aromatic carbocycles. The molecule has 0 spiro atoms. The van der Waals surface area contributed by atoms with Gasteiger partial charge in [0, 0.05) is 6.08 Å². The third-order valence-corrected chi connectivity index (χ3v) is 0.554. The van der Waals surface area contributed by atoms with Crippen molar-refractivity contribution < 1.29 is 4.79 Å². The number of rotatable bonds is 1. The highest BCUT2D eigenvalue weighted by atomic mass is 16.1. The highest BCUT2D eigenvalue weighted by Gasteiger charge is 2.04. The van der Waals surface area contributed by atoms with E-state index >= 15 is 0 Å². The van der Waals surface area contributed by atoms with Crippen LogP contribution in [0.4, 0.5) is 0 Å². The van der Waals surface area contributed by atoms with Crippen LogP contribution in [0.2, 0.25) is 0 Å². The molecule has 0 aromatic heterocycles. The van der Waals surface area contributed by atoms with Crippen LogP contribution in [0, 0.1) is 0 Å². The molecule has 2 heteroatoms. The summed E-state index contributed by atoms with van der Waals surface area (Å²) in [6, 6.07) is 0. The minimum atomic E-state index is -0.380. The summed E-state index contributed by atoms with van der Waals surface area (Å²) in [7, 11) is 0. The second-order valence-corrected chi connectivity index (χ2v) is 1.07. The lowest BCUT2D eigenvalue weighted by Gasteiger charge is -1.71. The van der Waals surface area contributed by atoms with Crippen molar-refractivity contribution >= 4 is 5.91 Å². The molecule has 0 atom stereocenters. The molecule has 0 saturated carbocycles. The molecule has 1 aliphatic carbocycles. The summed E-state index contributed by atoms with van der Waals surface area (Å²) in [4.78, 5) is 9.85. The number of amides is 1. The summed E-state index contributed by atoms with van der Waals surface area (Å²) >= 11 is 0. The quantitative estimate of drug-likeness (QED) is 0.427. The summed E-state index contributed by atoms with van der Waals surface area (Å²) < 4.78 is 0. The maximum absolute atomic E-state index is 9.85. The van der Waals surface area contributed by atoms with Crippen LogP contribution in [-0.4, -0.2) is 5.91 Å². The van der Waals surface area contributed by atoms with Crippen molar-refractivity contribution in [2.24, 2.45) is 5.73 Å². The lowest BCUT2D eigenvalue weighted by molar-refractivity contribution is -0.114. The maximum atomic E-state index is 9.85. The Labute approximate surface area is 35.0 Å². The molecule has 0 heterocycles. The second kappa shape index (κ2) is 0.730. The smallest absolute Gasteiger partial charge is 0.257 e. The largest absolute Gasteiger partial charge is 0.365 e. The predicted octanol–water partition coefficient (Wildman–Crippen LogP) is -0.433. The first-order valence-electron chi connectivity index (χ1n) is 1.57. The molecule has 1 amide bonds. The van der Waals surface area contributed by atoms with Gasteiger partial charge in [-0.1, -0.05) is 0 Å². The van der Waals surface area contributed by atoms with Gasteiger partial charge >= 0.3 is 0 Å². The van der Waals surface area contributed by atoms with E-state index in [-0.39, 0.29) is 5.91 Å². The standard InChI is InChI=1S/C4H3NO/c5-4(6)3-1-2-3/h1H,(H2,5,6). The fraction of sp³-hybridized carbons (Fsp3) is 0. The van der Waals surface area contributed by atoms with Crippen molar-refractivity contribution in [3.8, 4) is 0 Å². The molecule has 0 bridgehead atoms. The van der Waals surface area contributed by atoms with Crippen LogP contribution in [0.15, 0.2) is 17.4 Å². The topological polar surface area (TPSA) is 43.1 Å². The lowest BCUT2D eigenvalue weighted by atomic mass is 10.5. The van der Waals surface area contributed by atoms with E-state index in [9.17, 15) is 4.79 Å². The molecule has 1 aliphatic rings. The van der Waals surface area contributed by atoms with Crippen LogP contribution >= 0.6 is 0 Å². The molecule has 0 unspecified atom stereocenters. The van der Waals surface area contributed by atoms with Crippen LogP contribution in [0.1, 0.15) is 0 Å². The number of carbonyl (C=O) groups is 1. The first-order valence-corrected chi connectivity index (χ1v) is 1.57. The maximum Gasteiger partial charge on any atom is 0.257 e. The molecule has 0 saturated heterocycles. The minimum Gasteiger partial charge on any atom is -0.365 e. The predicted molar refractivity (Wildman–Crippen MR) is 20.8 cm³/mol. The number of nitrogens with two attached hydrogens (primary N) is 1. The zero-order valence-electron chi connectivity index (χ0n) is 3.06. The van der Waals surface area contributed by atoms with E-state index in [0.717, 1.165) is 0 Å². The SMILES string of the molecule is NC(=O)C1=C=C1. The molecule has 0 aliphatic heterocycles. The van der Waals surface area contributed by atoms with Crippen molar-refractivity contribution in [2.45, 2.75) is 0 Å². The van der Waals surface area contributed by atoms with Gasteiger partial charge in [-0.15, -0.1) is 5.73 Å². The normalized spacial score (nSPS) is 13.7.